The first kappa shape index (κ1) is 23.6. The second kappa shape index (κ2) is 9.72. The van der Waals surface area contributed by atoms with Crippen LogP contribution in [-0.4, -0.2) is 33.2 Å². The van der Waals surface area contributed by atoms with E-state index in [9.17, 15) is 9.59 Å². The number of carbonyl (C=O) groups is 2. The number of aromatic amines is 1. The van der Waals surface area contributed by atoms with Gasteiger partial charge in [0.2, 0.25) is 5.78 Å². The second-order valence-corrected chi connectivity index (χ2v) is 7.97. The fourth-order valence-corrected chi connectivity index (χ4v) is 4.05. The lowest BCUT2D eigenvalue weighted by Gasteiger charge is -2.19. The molecule has 1 aromatic carbocycles. The zero-order valence-electron chi connectivity index (χ0n) is 19.1. The van der Waals surface area contributed by atoms with Gasteiger partial charge >= 0.3 is 0 Å². The summed E-state index contributed by atoms with van der Waals surface area (Å²) in [5, 5.41) is 3.19. The smallest absolute Gasteiger partial charge is 0.265 e. The monoisotopic (exact) mass is 469 g/mol. The molecule has 35 heavy (non-hydrogen) atoms. The molecule has 1 aliphatic rings. The number of halogens is 1. The highest BCUT2D eigenvalue weighted by Crippen LogP contribution is 2.41. The van der Waals surface area contributed by atoms with E-state index >= 15 is 4.39 Å². The van der Waals surface area contributed by atoms with E-state index in [1.54, 1.807) is 25.1 Å². The van der Waals surface area contributed by atoms with Crippen LogP contribution in [0, 0.1) is 6.92 Å². The topological polar surface area (TPSA) is 114 Å². The van der Waals surface area contributed by atoms with Gasteiger partial charge in [-0.3, -0.25) is 9.59 Å². The number of aryl methyl sites for hydroxylation is 1. The van der Waals surface area contributed by atoms with Crippen molar-refractivity contribution in [2.75, 3.05) is 11.9 Å². The van der Waals surface area contributed by atoms with Gasteiger partial charge in [-0.1, -0.05) is 36.9 Å². The molecule has 0 saturated carbocycles. The Morgan fingerprint density at radius 3 is 2.63 bits per heavy atom. The van der Waals surface area contributed by atoms with E-state index in [1.165, 1.54) is 18.3 Å². The Balaban J connectivity index is 1.83. The molecule has 4 rings (SSSR count). The van der Waals surface area contributed by atoms with Crippen LogP contribution in [0.4, 0.5) is 10.1 Å². The number of rotatable bonds is 8. The van der Waals surface area contributed by atoms with Crippen molar-refractivity contribution in [1.82, 2.24) is 15.0 Å². The van der Waals surface area contributed by atoms with Gasteiger partial charge in [0.25, 0.3) is 5.91 Å². The van der Waals surface area contributed by atoms with Gasteiger partial charge in [0.15, 0.2) is 11.7 Å². The van der Waals surface area contributed by atoms with E-state index in [4.69, 9.17) is 5.73 Å². The molecule has 1 unspecified atom stereocenters. The third-order valence-corrected chi connectivity index (χ3v) is 5.68. The maximum atomic E-state index is 15.4. The number of allylic oxidation sites excluding steroid dienone is 4. The molecule has 2 aromatic heterocycles. The molecule has 0 spiro atoms. The molecule has 1 atom stereocenters. The van der Waals surface area contributed by atoms with Crippen molar-refractivity contribution in [3.63, 3.8) is 0 Å². The number of ketones is 1. The number of nitrogens with one attached hydrogen (secondary N) is 2. The van der Waals surface area contributed by atoms with Crippen LogP contribution < -0.4 is 11.1 Å². The summed E-state index contributed by atoms with van der Waals surface area (Å²) >= 11 is 0. The van der Waals surface area contributed by atoms with Crippen LogP contribution in [0.1, 0.15) is 39.2 Å². The largest absolute Gasteiger partial charge is 0.382 e. The zero-order valence-corrected chi connectivity index (χ0v) is 19.1. The van der Waals surface area contributed by atoms with Crippen LogP contribution in [0.5, 0.6) is 0 Å². The molecule has 0 saturated heterocycles. The molecule has 0 fully saturated rings. The molecule has 176 valence electrons. The fraction of sp³-hybridized carbons (Fsp3) is 0.111. The van der Waals surface area contributed by atoms with Gasteiger partial charge in [-0.05, 0) is 36.8 Å². The lowest BCUT2D eigenvalue weighted by atomic mass is 9.83. The highest BCUT2D eigenvalue weighted by Gasteiger charge is 2.35. The summed E-state index contributed by atoms with van der Waals surface area (Å²) in [6, 6.07) is 9.08. The summed E-state index contributed by atoms with van der Waals surface area (Å²) in [5.41, 5.74) is 9.22. The van der Waals surface area contributed by atoms with Gasteiger partial charge in [0, 0.05) is 40.9 Å². The molecule has 1 amide bonds. The summed E-state index contributed by atoms with van der Waals surface area (Å²) in [6.07, 6.45) is 7.78. The highest BCUT2D eigenvalue weighted by atomic mass is 19.1. The van der Waals surface area contributed by atoms with Gasteiger partial charge in [-0.2, -0.15) is 0 Å². The minimum Gasteiger partial charge on any atom is -0.382 e. The number of anilines is 1. The number of aromatic nitrogens is 3. The van der Waals surface area contributed by atoms with Crippen molar-refractivity contribution in [3.05, 3.63) is 102 Å². The van der Waals surface area contributed by atoms with Crippen LogP contribution in [0.25, 0.3) is 22.8 Å². The number of nitrogens with zero attached hydrogens (tertiary/aromatic N) is 2. The molecule has 0 radical (unpaired) electrons. The van der Waals surface area contributed by atoms with Crippen molar-refractivity contribution < 1.29 is 14.0 Å². The number of amides is 1. The number of hydrogen-bond donors (Lipinski definition) is 3. The van der Waals surface area contributed by atoms with Crippen LogP contribution in [0.3, 0.4) is 0 Å². The van der Waals surface area contributed by atoms with Crippen LogP contribution in [-0.2, 0) is 4.79 Å². The maximum absolute atomic E-state index is 15.4. The minimum atomic E-state index is -1.08. The van der Waals surface area contributed by atoms with Gasteiger partial charge in [-0.15, -0.1) is 6.58 Å². The molecule has 4 N–H and O–H groups in total. The van der Waals surface area contributed by atoms with Crippen LogP contribution >= 0.6 is 0 Å². The molecule has 0 bridgehead atoms. The number of nitrogens with two attached hydrogens (primary N) is 1. The molecule has 0 aliphatic heterocycles. The highest BCUT2D eigenvalue weighted by molar-refractivity contribution is 6.11. The Morgan fingerprint density at radius 2 is 2.00 bits per heavy atom. The predicted octanol–water partition coefficient (Wildman–Crippen LogP) is 4.72. The summed E-state index contributed by atoms with van der Waals surface area (Å²) < 4.78 is 15.4. The maximum Gasteiger partial charge on any atom is 0.265 e. The average Bonchev–Trinajstić information content (AvgIpc) is 3.24. The second-order valence-electron chi connectivity index (χ2n) is 7.97. The molecular weight excluding hydrogens is 445 g/mol. The van der Waals surface area contributed by atoms with Crippen LogP contribution in [0.2, 0.25) is 0 Å². The van der Waals surface area contributed by atoms with E-state index in [1.807, 2.05) is 24.3 Å². The van der Waals surface area contributed by atoms with Crippen molar-refractivity contribution in [3.8, 4) is 11.1 Å². The van der Waals surface area contributed by atoms with Crippen molar-refractivity contribution in [1.29, 1.82) is 0 Å². The fourth-order valence-electron chi connectivity index (χ4n) is 4.05. The molecule has 3 aromatic rings. The van der Waals surface area contributed by atoms with Crippen molar-refractivity contribution in [2.24, 2.45) is 5.73 Å². The minimum absolute atomic E-state index is 0.00532. The lowest BCUT2D eigenvalue weighted by Crippen LogP contribution is -2.21. The Bertz CT molecular complexity index is 1400. The number of H-pyrrole nitrogens is 1. The van der Waals surface area contributed by atoms with E-state index in [0.717, 1.165) is 5.69 Å². The Kier molecular flexibility index (Phi) is 6.55. The van der Waals surface area contributed by atoms with E-state index in [-0.39, 0.29) is 17.1 Å². The van der Waals surface area contributed by atoms with E-state index < -0.39 is 23.4 Å². The van der Waals surface area contributed by atoms with E-state index in [2.05, 4.69) is 33.4 Å². The first-order valence-electron chi connectivity index (χ1n) is 10.9. The van der Waals surface area contributed by atoms with Crippen molar-refractivity contribution in [2.45, 2.75) is 12.8 Å². The molecule has 8 heteroatoms. The first-order valence-corrected chi connectivity index (χ1v) is 10.9. The number of primary amides is 1. The summed E-state index contributed by atoms with van der Waals surface area (Å²) in [6.45, 7) is 9.85. The third-order valence-electron chi connectivity index (χ3n) is 5.68. The normalized spacial score (nSPS) is 15.3. The molecule has 1 aliphatic carbocycles. The average molecular weight is 470 g/mol. The SMILES string of the molecule is C=CCNc1ccc(-c2c(C=C)[nH]c(C(N)=O)c2C2C=CC(c3nccc(C)n3)=C(F)C2=O)cc1. The van der Waals surface area contributed by atoms with Crippen LogP contribution in [0.15, 0.2) is 73.7 Å². The van der Waals surface area contributed by atoms with Gasteiger partial charge < -0.3 is 16.0 Å². The Hall–Kier alpha value is -4.59. The van der Waals surface area contributed by atoms with Gasteiger partial charge in [0.1, 0.15) is 5.69 Å². The zero-order chi connectivity index (χ0) is 25.1. The standard InChI is InChI=1S/C27H24FN5O2/c1-4-13-30-17-8-6-16(7-9-17)21-20(5-2)33-24(26(29)35)22(21)18-10-11-19(23(28)25(18)34)27-31-14-12-15(3)32-27/h4-12,14,18,30,33H,1-2,13H2,3H3,(H2,29,35). The quantitative estimate of drug-likeness (QED) is 0.413. The number of Topliss-reactive ketones (excluding diaryl/α,β-unsaturated/α-hetero) is 1. The first-order chi connectivity index (χ1) is 16.8. The number of hydrogen-bond acceptors (Lipinski definition) is 5. The van der Waals surface area contributed by atoms with Gasteiger partial charge in [0.05, 0.1) is 11.5 Å². The summed E-state index contributed by atoms with van der Waals surface area (Å²) in [7, 11) is 0. The Morgan fingerprint density at radius 1 is 1.26 bits per heavy atom. The lowest BCUT2D eigenvalue weighted by molar-refractivity contribution is -0.117. The number of carbonyl (C=O) groups excluding carboxylic acids is 2. The van der Waals surface area contributed by atoms with Crippen molar-refractivity contribution >= 4 is 29.0 Å². The summed E-state index contributed by atoms with van der Waals surface area (Å²) in [4.78, 5) is 36.9. The molecule has 2 heterocycles. The third kappa shape index (κ3) is 4.46. The number of benzene rings is 1. The Labute approximate surface area is 202 Å². The molecular formula is C27H24FN5O2. The van der Waals surface area contributed by atoms with E-state index in [0.29, 0.717) is 34.6 Å². The summed E-state index contributed by atoms with van der Waals surface area (Å²) in [5.74, 6) is -3.52. The molecule has 7 nitrogen and oxygen atoms in total. The predicted molar refractivity (Wildman–Crippen MR) is 135 cm³/mol. The van der Waals surface area contributed by atoms with Gasteiger partial charge in [-0.25, -0.2) is 14.4 Å².